The van der Waals surface area contributed by atoms with Gasteiger partial charge in [0.15, 0.2) is 0 Å². The monoisotopic (exact) mass is 309 g/mol. The molecule has 0 fully saturated rings. The molecule has 5 heteroatoms. The lowest BCUT2D eigenvalue weighted by molar-refractivity contribution is -0.137. The number of hydrogen-bond donors (Lipinski definition) is 0. The maximum Gasteiger partial charge on any atom is 0.416 e. The van der Waals surface area contributed by atoms with Crippen molar-refractivity contribution in [1.82, 2.24) is 0 Å². The first-order valence-electron chi connectivity index (χ1n) is 6.24. The summed E-state index contributed by atoms with van der Waals surface area (Å²) in [7, 11) is 0. The summed E-state index contributed by atoms with van der Waals surface area (Å²) in [6.07, 6.45) is -4.32. The van der Waals surface area contributed by atoms with E-state index in [0.717, 1.165) is 27.8 Å². The van der Waals surface area contributed by atoms with Gasteiger partial charge in [0.1, 0.15) is 0 Å². The van der Waals surface area contributed by atoms with Crippen molar-refractivity contribution >= 4 is 24.2 Å². The van der Waals surface area contributed by atoms with Gasteiger partial charge in [-0.2, -0.15) is 13.2 Å². The summed E-state index contributed by atoms with van der Waals surface area (Å²) in [5.74, 6) is 0. The highest BCUT2D eigenvalue weighted by Gasteiger charge is 2.30. The first-order chi connectivity index (χ1) is 9.81. The number of aliphatic imine (C=N–C) groups is 1. The van der Waals surface area contributed by atoms with Crippen LogP contribution in [0.25, 0.3) is 0 Å². The van der Waals surface area contributed by atoms with Gasteiger partial charge < -0.3 is 0 Å². The molecule has 110 valence electrons. The first kappa shape index (κ1) is 15.6. The third-order valence-corrected chi connectivity index (χ3v) is 4.35. The summed E-state index contributed by atoms with van der Waals surface area (Å²) < 4.78 is 38.2. The molecule has 0 spiro atoms. The molecule has 2 aromatic rings. The lowest BCUT2D eigenvalue weighted by Gasteiger charge is -2.12. The van der Waals surface area contributed by atoms with Crippen molar-refractivity contribution in [3.05, 3.63) is 53.1 Å². The Balaban J connectivity index is 2.37. The first-order valence-corrected chi connectivity index (χ1v) is 7.06. The van der Waals surface area contributed by atoms with Crippen molar-refractivity contribution in [3.8, 4) is 0 Å². The Kier molecular flexibility index (Phi) is 4.42. The fourth-order valence-corrected chi connectivity index (χ4v) is 3.04. The van der Waals surface area contributed by atoms with Crippen LogP contribution in [0, 0.1) is 13.8 Å². The van der Waals surface area contributed by atoms with E-state index in [4.69, 9.17) is 0 Å². The second-order valence-corrected chi connectivity index (χ2v) is 5.78. The summed E-state index contributed by atoms with van der Waals surface area (Å²) in [5, 5.41) is 0. The van der Waals surface area contributed by atoms with E-state index in [1.165, 1.54) is 23.9 Å². The molecule has 21 heavy (non-hydrogen) atoms. The van der Waals surface area contributed by atoms with Gasteiger partial charge >= 0.3 is 6.18 Å². The van der Waals surface area contributed by atoms with E-state index in [0.29, 0.717) is 4.90 Å². The molecular weight excluding hydrogens is 295 g/mol. The third kappa shape index (κ3) is 3.67. The zero-order chi connectivity index (χ0) is 15.6. The number of aryl methyl sites for hydroxylation is 2. The molecule has 0 amide bonds. The lowest BCUT2D eigenvalue weighted by atomic mass is 10.1. The molecule has 0 saturated heterocycles. The van der Waals surface area contributed by atoms with Crippen LogP contribution in [-0.2, 0) is 6.18 Å². The van der Waals surface area contributed by atoms with Crippen molar-refractivity contribution in [2.24, 2.45) is 4.99 Å². The van der Waals surface area contributed by atoms with E-state index in [1.54, 1.807) is 6.07 Å². The molecule has 2 rings (SSSR count). The highest BCUT2D eigenvalue weighted by Crippen LogP contribution is 2.38. The van der Waals surface area contributed by atoms with Gasteiger partial charge in [-0.15, -0.1) is 0 Å². The molecule has 0 bridgehead atoms. The number of halogens is 3. The van der Waals surface area contributed by atoms with Crippen LogP contribution in [0.2, 0.25) is 0 Å². The quantitative estimate of drug-likeness (QED) is 0.652. The molecule has 0 heterocycles. The standard InChI is InChI=1S/C16H14F3NS/c1-10-7-13(20-3)8-11(2)15(10)21-14-6-4-5-12(9-14)16(17,18)19/h4-9H,3H2,1-2H3. The van der Waals surface area contributed by atoms with Crippen LogP contribution in [0.15, 0.2) is 51.2 Å². The molecule has 0 aliphatic rings. The van der Waals surface area contributed by atoms with Crippen molar-refractivity contribution in [2.75, 3.05) is 0 Å². The predicted molar refractivity (Wildman–Crippen MR) is 80.7 cm³/mol. The lowest BCUT2D eigenvalue weighted by Crippen LogP contribution is -2.04. The third-order valence-electron chi connectivity index (χ3n) is 3.01. The van der Waals surface area contributed by atoms with Gasteiger partial charge in [-0.05, 0) is 62.0 Å². The maximum absolute atomic E-state index is 12.7. The SMILES string of the molecule is C=Nc1cc(C)c(Sc2cccc(C(F)(F)F)c2)c(C)c1. The zero-order valence-corrected chi connectivity index (χ0v) is 12.5. The van der Waals surface area contributed by atoms with Gasteiger partial charge in [0.2, 0.25) is 0 Å². The van der Waals surface area contributed by atoms with Gasteiger partial charge in [0.05, 0.1) is 11.3 Å². The van der Waals surface area contributed by atoms with Gasteiger partial charge in [0.25, 0.3) is 0 Å². The average molecular weight is 309 g/mol. The molecule has 0 aliphatic heterocycles. The summed E-state index contributed by atoms with van der Waals surface area (Å²) >= 11 is 1.33. The van der Waals surface area contributed by atoms with Crippen LogP contribution in [0.1, 0.15) is 16.7 Å². The Labute approximate surface area is 125 Å². The molecule has 2 aromatic carbocycles. The minimum absolute atomic E-state index is 0.565. The highest BCUT2D eigenvalue weighted by atomic mass is 32.2. The topological polar surface area (TPSA) is 12.4 Å². The second kappa shape index (κ2) is 5.93. The smallest absolute Gasteiger partial charge is 0.265 e. The van der Waals surface area contributed by atoms with E-state index in [2.05, 4.69) is 11.7 Å². The van der Waals surface area contributed by atoms with E-state index in [9.17, 15) is 13.2 Å². The maximum atomic E-state index is 12.7. The average Bonchev–Trinajstić information content (AvgIpc) is 2.42. The van der Waals surface area contributed by atoms with Crippen LogP contribution < -0.4 is 0 Å². The molecule has 1 nitrogen and oxygen atoms in total. The van der Waals surface area contributed by atoms with Crippen molar-refractivity contribution in [1.29, 1.82) is 0 Å². The zero-order valence-electron chi connectivity index (χ0n) is 11.7. The minimum Gasteiger partial charge on any atom is -0.265 e. The van der Waals surface area contributed by atoms with Crippen LogP contribution in [0.5, 0.6) is 0 Å². The number of alkyl halides is 3. The summed E-state index contributed by atoms with van der Waals surface area (Å²) in [6.45, 7) is 7.31. The molecule has 0 unspecified atom stereocenters. The highest BCUT2D eigenvalue weighted by molar-refractivity contribution is 7.99. The Morgan fingerprint density at radius 1 is 1.05 bits per heavy atom. The predicted octanol–water partition coefficient (Wildman–Crippen LogP) is 5.81. The Hall–Kier alpha value is -1.75. The largest absolute Gasteiger partial charge is 0.416 e. The molecule has 0 atom stereocenters. The van der Waals surface area contributed by atoms with Gasteiger partial charge in [-0.3, -0.25) is 4.99 Å². The van der Waals surface area contributed by atoms with E-state index in [1.807, 2.05) is 26.0 Å². The number of hydrogen-bond acceptors (Lipinski definition) is 2. The fourth-order valence-electron chi connectivity index (χ4n) is 2.03. The van der Waals surface area contributed by atoms with Crippen LogP contribution in [0.3, 0.4) is 0 Å². The molecule has 0 aliphatic carbocycles. The van der Waals surface area contributed by atoms with Gasteiger partial charge in [-0.25, -0.2) is 0 Å². The van der Waals surface area contributed by atoms with E-state index < -0.39 is 11.7 Å². The Morgan fingerprint density at radius 3 is 2.19 bits per heavy atom. The molecule has 0 aromatic heterocycles. The summed E-state index contributed by atoms with van der Waals surface area (Å²) in [6, 6.07) is 9.09. The minimum atomic E-state index is -4.32. The number of rotatable bonds is 3. The second-order valence-electron chi connectivity index (χ2n) is 4.69. The molecular formula is C16H14F3NS. The number of nitrogens with zero attached hydrogens (tertiary/aromatic N) is 1. The summed E-state index contributed by atoms with van der Waals surface area (Å²) in [5.41, 5.74) is 2.07. The van der Waals surface area contributed by atoms with E-state index >= 15 is 0 Å². The van der Waals surface area contributed by atoms with Gasteiger partial charge in [-0.1, -0.05) is 17.8 Å². The van der Waals surface area contributed by atoms with E-state index in [-0.39, 0.29) is 0 Å². The molecule has 0 saturated carbocycles. The normalized spacial score (nSPS) is 11.5. The van der Waals surface area contributed by atoms with Crippen molar-refractivity contribution in [3.63, 3.8) is 0 Å². The Bertz CT molecular complexity index is 654. The fraction of sp³-hybridized carbons (Fsp3) is 0.188. The Morgan fingerprint density at radius 2 is 1.67 bits per heavy atom. The van der Waals surface area contributed by atoms with Crippen LogP contribution in [-0.4, -0.2) is 6.72 Å². The molecule has 0 radical (unpaired) electrons. The van der Waals surface area contributed by atoms with Gasteiger partial charge in [0, 0.05) is 9.79 Å². The summed E-state index contributed by atoms with van der Waals surface area (Å²) in [4.78, 5) is 5.39. The van der Waals surface area contributed by atoms with Crippen LogP contribution in [0.4, 0.5) is 18.9 Å². The van der Waals surface area contributed by atoms with Crippen molar-refractivity contribution < 1.29 is 13.2 Å². The number of benzene rings is 2. The van der Waals surface area contributed by atoms with Crippen LogP contribution >= 0.6 is 11.8 Å². The molecule has 0 N–H and O–H groups in total. The van der Waals surface area contributed by atoms with Crippen molar-refractivity contribution in [2.45, 2.75) is 29.8 Å².